The molecule has 3 rings (SSSR count). The minimum Gasteiger partial charge on any atom is -0.324 e. The normalized spacial score (nSPS) is 10.5. The van der Waals surface area contributed by atoms with E-state index in [1.54, 1.807) is 0 Å². The largest absolute Gasteiger partial charge is 0.324 e. The molecule has 0 aliphatic heterocycles. The van der Waals surface area contributed by atoms with Crippen molar-refractivity contribution in [3.05, 3.63) is 76.3 Å². The van der Waals surface area contributed by atoms with Gasteiger partial charge in [0.2, 0.25) is 5.95 Å². The van der Waals surface area contributed by atoms with Gasteiger partial charge in [0, 0.05) is 17.6 Å². The predicted molar refractivity (Wildman–Crippen MR) is 101 cm³/mol. The van der Waals surface area contributed by atoms with E-state index in [4.69, 9.17) is 11.6 Å². The number of nitrogens with zero attached hydrogens (tertiary/aromatic N) is 2. The molecule has 132 valence electrons. The van der Waals surface area contributed by atoms with Gasteiger partial charge >= 0.3 is 0 Å². The van der Waals surface area contributed by atoms with Crippen LogP contribution in [0.25, 0.3) is 0 Å². The van der Waals surface area contributed by atoms with Gasteiger partial charge in [0.15, 0.2) is 0 Å². The monoisotopic (exact) mass is 370 g/mol. The number of carbonyl (C=O) groups is 1. The molecule has 3 aromatic rings. The summed E-state index contributed by atoms with van der Waals surface area (Å²) in [7, 11) is 0. The van der Waals surface area contributed by atoms with Crippen molar-refractivity contribution in [3.63, 3.8) is 0 Å². The summed E-state index contributed by atoms with van der Waals surface area (Å²) in [6, 6.07) is 11.3. The van der Waals surface area contributed by atoms with Crippen molar-refractivity contribution in [1.82, 2.24) is 9.97 Å². The molecule has 2 N–H and O–H groups in total. The van der Waals surface area contributed by atoms with E-state index >= 15 is 0 Å². The van der Waals surface area contributed by atoms with E-state index in [1.165, 1.54) is 36.0 Å². The van der Waals surface area contributed by atoms with E-state index in [9.17, 15) is 9.18 Å². The minimum absolute atomic E-state index is 0.0671. The van der Waals surface area contributed by atoms with E-state index in [-0.39, 0.29) is 10.7 Å². The summed E-state index contributed by atoms with van der Waals surface area (Å²) in [4.78, 5) is 20.7. The molecular weight excluding hydrogens is 355 g/mol. The SMILES string of the molecule is Cc1ccc(Nc2nccc(C(=O)Nc3ccc(F)c(Cl)c3)n2)cc1C. The number of hydrogen-bond acceptors (Lipinski definition) is 4. The molecule has 2 aromatic carbocycles. The Morgan fingerprint density at radius 3 is 2.54 bits per heavy atom. The zero-order valence-corrected chi connectivity index (χ0v) is 14.9. The zero-order valence-electron chi connectivity index (χ0n) is 14.2. The number of anilines is 3. The van der Waals surface area contributed by atoms with E-state index in [1.807, 2.05) is 32.0 Å². The molecule has 0 unspecified atom stereocenters. The molecule has 0 saturated carbocycles. The summed E-state index contributed by atoms with van der Waals surface area (Å²) in [5.74, 6) is -0.692. The molecule has 0 saturated heterocycles. The maximum absolute atomic E-state index is 13.2. The molecule has 26 heavy (non-hydrogen) atoms. The highest BCUT2D eigenvalue weighted by molar-refractivity contribution is 6.31. The second-order valence-corrected chi connectivity index (χ2v) is 6.18. The number of aryl methyl sites for hydroxylation is 2. The van der Waals surface area contributed by atoms with Crippen molar-refractivity contribution in [1.29, 1.82) is 0 Å². The number of aromatic nitrogens is 2. The molecule has 0 bridgehead atoms. The van der Waals surface area contributed by atoms with Crippen LogP contribution in [0.2, 0.25) is 5.02 Å². The molecule has 0 aliphatic carbocycles. The Labute approximate surface area is 155 Å². The van der Waals surface area contributed by atoms with Crippen LogP contribution in [-0.4, -0.2) is 15.9 Å². The van der Waals surface area contributed by atoms with Gasteiger partial charge in [0.1, 0.15) is 11.5 Å². The van der Waals surface area contributed by atoms with Gasteiger partial charge in [0.25, 0.3) is 5.91 Å². The lowest BCUT2D eigenvalue weighted by Crippen LogP contribution is -2.14. The van der Waals surface area contributed by atoms with E-state index in [0.29, 0.717) is 11.6 Å². The Kier molecular flexibility index (Phi) is 5.14. The van der Waals surface area contributed by atoms with Gasteiger partial charge in [-0.25, -0.2) is 14.4 Å². The summed E-state index contributed by atoms with van der Waals surface area (Å²) in [5, 5.41) is 5.63. The fraction of sp³-hybridized carbons (Fsp3) is 0.105. The lowest BCUT2D eigenvalue weighted by molar-refractivity contribution is 0.102. The van der Waals surface area contributed by atoms with Crippen molar-refractivity contribution in [2.45, 2.75) is 13.8 Å². The number of amides is 1. The first-order valence-corrected chi connectivity index (χ1v) is 8.24. The van der Waals surface area contributed by atoms with Crippen molar-refractivity contribution in [3.8, 4) is 0 Å². The van der Waals surface area contributed by atoms with Gasteiger partial charge in [-0.3, -0.25) is 4.79 Å². The number of nitrogens with one attached hydrogen (secondary N) is 2. The summed E-state index contributed by atoms with van der Waals surface area (Å²) in [6.07, 6.45) is 1.49. The first kappa shape index (κ1) is 17.8. The first-order chi connectivity index (χ1) is 12.4. The second kappa shape index (κ2) is 7.49. The third-order valence-electron chi connectivity index (χ3n) is 3.83. The van der Waals surface area contributed by atoms with Crippen LogP contribution in [0.5, 0.6) is 0 Å². The fourth-order valence-electron chi connectivity index (χ4n) is 2.26. The quantitative estimate of drug-likeness (QED) is 0.686. The first-order valence-electron chi connectivity index (χ1n) is 7.86. The standard InChI is InChI=1S/C19H16ClFN4O/c1-11-3-4-13(9-12(11)2)24-19-22-8-7-17(25-19)18(26)23-14-5-6-16(21)15(20)10-14/h3-10H,1-2H3,(H,23,26)(H,22,24,25). The van der Waals surface area contributed by atoms with E-state index < -0.39 is 11.7 Å². The van der Waals surface area contributed by atoms with E-state index in [2.05, 4.69) is 20.6 Å². The molecule has 5 nitrogen and oxygen atoms in total. The Morgan fingerprint density at radius 1 is 1.04 bits per heavy atom. The number of carbonyl (C=O) groups excluding carboxylic acids is 1. The van der Waals surface area contributed by atoms with Crippen LogP contribution < -0.4 is 10.6 Å². The average molecular weight is 371 g/mol. The lowest BCUT2D eigenvalue weighted by Gasteiger charge is -2.09. The highest BCUT2D eigenvalue weighted by atomic mass is 35.5. The van der Waals surface area contributed by atoms with E-state index in [0.717, 1.165) is 11.3 Å². The molecule has 1 heterocycles. The van der Waals surface area contributed by atoms with Gasteiger partial charge in [-0.05, 0) is 61.4 Å². The van der Waals surface area contributed by atoms with Gasteiger partial charge in [-0.15, -0.1) is 0 Å². The lowest BCUT2D eigenvalue weighted by atomic mass is 10.1. The van der Waals surface area contributed by atoms with Crippen LogP contribution in [-0.2, 0) is 0 Å². The maximum Gasteiger partial charge on any atom is 0.274 e. The molecular formula is C19H16ClFN4O. The fourth-order valence-corrected chi connectivity index (χ4v) is 2.44. The molecule has 1 amide bonds. The van der Waals surface area contributed by atoms with Crippen LogP contribution in [0.1, 0.15) is 21.6 Å². The van der Waals surface area contributed by atoms with Crippen molar-refractivity contribution >= 4 is 34.8 Å². The van der Waals surface area contributed by atoms with Crippen LogP contribution in [0.4, 0.5) is 21.7 Å². The number of rotatable bonds is 4. The molecule has 0 atom stereocenters. The molecule has 0 fully saturated rings. The topological polar surface area (TPSA) is 66.9 Å². The Hall–Kier alpha value is -2.99. The predicted octanol–water partition coefficient (Wildman–Crippen LogP) is 4.88. The summed E-state index contributed by atoms with van der Waals surface area (Å²) in [6.45, 7) is 4.04. The third kappa shape index (κ3) is 4.15. The highest BCUT2D eigenvalue weighted by Crippen LogP contribution is 2.20. The van der Waals surface area contributed by atoms with Crippen LogP contribution in [0.3, 0.4) is 0 Å². The maximum atomic E-state index is 13.2. The number of halogens is 2. The molecule has 1 aromatic heterocycles. The zero-order chi connectivity index (χ0) is 18.7. The average Bonchev–Trinajstić information content (AvgIpc) is 2.61. The van der Waals surface area contributed by atoms with Gasteiger partial charge < -0.3 is 10.6 Å². The minimum atomic E-state index is -0.549. The Morgan fingerprint density at radius 2 is 1.81 bits per heavy atom. The summed E-state index contributed by atoms with van der Waals surface area (Å²) in [5.41, 5.74) is 3.70. The molecule has 7 heteroatoms. The van der Waals surface area contributed by atoms with Crippen molar-refractivity contribution < 1.29 is 9.18 Å². The van der Waals surface area contributed by atoms with Crippen molar-refractivity contribution in [2.24, 2.45) is 0 Å². The molecule has 0 spiro atoms. The second-order valence-electron chi connectivity index (χ2n) is 5.77. The van der Waals surface area contributed by atoms with Crippen LogP contribution >= 0.6 is 11.6 Å². The smallest absolute Gasteiger partial charge is 0.274 e. The van der Waals surface area contributed by atoms with Gasteiger partial charge in [0.05, 0.1) is 5.02 Å². The number of benzene rings is 2. The summed E-state index contributed by atoms with van der Waals surface area (Å²) < 4.78 is 13.2. The Bertz CT molecular complexity index is 978. The highest BCUT2D eigenvalue weighted by Gasteiger charge is 2.11. The summed E-state index contributed by atoms with van der Waals surface area (Å²) >= 11 is 5.72. The Balaban J connectivity index is 1.76. The van der Waals surface area contributed by atoms with Crippen LogP contribution in [0.15, 0.2) is 48.7 Å². The number of hydrogen-bond donors (Lipinski definition) is 2. The molecule has 0 radical (unpaired) electrons. The van der Waals surface area contributed by atoms with Gasteiger partial charge in [-0.2, -0.15) is 0 Å². The van der Waals surface area contributed by atoms with Crippen LogP contribution in [0, 0.1) is 19.7 Å². The molecule has 0 aliphatic rings. The third-order valence-corrected chi connectivity index (χ3v) is 4.12. The van der Waals surface area contributed by atoms with Gasteiger partial charge in [-0.1, -0.05) is 17.7 Å². The van der Waals surface area contributed by atoms with Crippen molar-refractivity contribution in [2.75, 3.05) is 10.6 Å².